The van der Waals surface area contributed by atoms with Gasteiger partial charge in [-0.1, -0.05) is 340 Å². The van der Waals surface area contributed by atoms with Crippen molar-refractivity contribution in [2.45, 2.75) is 0 Å². The Hall–Kier alpha value is -13.8. The molecule has 0 bridgehead atoms. The summed E-state index contributed by atoms with van der Waals surface area (Å²) in [7, 11) is 0. The van der Waals surface area contributed by atoms with Gasteiger partial charge in [-0.2, -0.15) is 0 Å². The van der Waals surface area contributed by atoms with Gasteiger partial charge in [-0.05, 0) is 278 Å². The first-order valence-corrected chi connectivity index (χ1v) is 36.9. The van der Waals surface area contributed by atoms with Gasteiger partial charge in [0.05, 0.1) is 0 Å². The minimum absolute atomic E-state index is 1.20. The molecule has 23 aromatic carbocycles. The van der Waals surface area contributed by atoms with Crippen LogP contribution in [0, 0.1) is 0 Å². The Balaban J connectivity index is 0.000000133. The van der Waals surface area contributed by atoms with Crippen molar-refractivity contribution in [3.63, 3.8) is 0 Å². The topological polar surface area (TPSA) is 0 Å². The Morgan fingerprint density at radius 2 is 0.292 bits per heavy atom. The van der Waals surface area contributed by atoms with Crippen LogP contribution in [0.25, 0.3) is 229 Å². The van der Waals surface area contributed by atoms with Gasteiger partial charge in [0.15, 0.2) is 0 Å². The van der Waals surface area contributed by atoms with E-state index in [1.54, 1.807) is 0 Å². The Kier molecular flexibility index (Phi) is 13.5. The molecule has 23 rings (SSSR count). The Morgan fingerprint density at radius 3 is 0.613 bits per heavy atom. The van der Waals surface area contributed by atoms with Crippen LogP contribution in [-0.4, -0.2) is 0 Å². The SMILES string of the molecule is c1ccc(-c2cccc(-c3cccc(-c4cc(-c5ccc6ccc7cccc8ccc5c6c78)cc(-c5ccc6ccc7cccc8ccc5c6c78)c4)c3)c2)cc1.c1ccc(-c2ccccc2-c2cc(-c3ccc4ccc5cccc6ccc3c4c56)cc(-c3ccc4ccc5cccc6ccc3c4c56)c2)cc1. The van der Waals surface area contributed by atoms with Gasteiger partial charge in [-0.15, -0.1) is 0 Å². The molecule has 0 saturated heterocycles. The van der Waals surface area contributed by atoms with E-state index in [0.717, 1.165) is 0 Å². The molecule has 0 radical (unpaired) electrons. The molecular formula is C106H64. The van der Waals surface area contributed by atoms with Crippen LogP contribution in [0.4, 0.5) is 0 Å². The molecule has 23 aromatic rings. The first-order valence-electron chi connectivity index (χ1n) is 36.9. The highest BCUT2D eigenvalue weighted by atomic mass is 14.3. The zero-order valence-electron chi connectivity index (χ0n) is 58.0. The minimum atomic E-state index is 1.20. The molecule has 0 heteroatoms. The van der Waals surface area contributed by atoms with Crippen molar-refractivity contribution in [1.82, 2.24) is 0 Å². The van der Waals surface area contributed by atoms with E-state index in [-0.39, 0.29) is 0 Å². The van der Waals surface area contributed by atoms with Gasteiger partial charge in [0.1, 0.15) is 0 Å². The molecule has 0 saturated carbocycles. The summed E-state index contributed by atoms with van der Waals surface area (Å²) in [5.74, 6) is 0. The fourth-order valence-corrected chi connectivity index (χ4v) is 18.1. The van der Waals surface area contributed by atoms with E-state index in [1.165, 1.54) is 229 Å². The van der Waals surface area contributed by atoms with Crippen LogP contribution in [0.3, 0.4) is 0 Å². The first-order chi connectivity index (χ1) is 52.5. The van der Waals surface area contributed by atoms with Gasteiger partial charge in [0.2, 0.25) is 0 Å². The van der Waals surface area contributed by atoms with Gasteiger partial charge in [0.25, 0.3) is 0 Å². The van der Waals surface area contributed by atoms with Crippen molar-refractivity contribution in [2.24, 2.45) is 0 Å². The van der Waals surface area contributed by atoms with Crippen LogP contribution in [0.2, 0.25) is 0 Å². The van der Waals surface area contributed by atoms with E-state index in [0.29, 0.717) is 0 Å². The lowest BCUT2D eigenvalue weighted by Crippen LogP contribution is -1.92. The first kappa shape index (κ1) is 59.9. The van der Waals surface area contributed by atoms with E-state index in [4.69, 9.17) is 0 Å². The van der Waals surface area contributed by atoms with Crippen LogP contribution in [0.15, 0.2) is 388 Å². The second-order valence-corrected chi connectivity index (χ2v) is 28.9. The minimum Gasteiger partial charge on any atom is -0.0622 e. The standard InChI is InChI=1S/C56H34.C50H30/c1-2-8-35(9-3-1)42-14-6-15-43(30-42)44-16-7-17-45(31-44)46-32-47(49-26-22-40-20-18-36-10-4-12-38-24-28-51(49)55(40)53(36)38)34-48(33-46)50-27-23-41-21-19-37-11-5-13-39-25-29-52(50)56(41)54(37)39;1-2-8-31(9-3-1)41-14-4-5-15-42(41)38-28-39(43-24-20-36-18-16-32-10-6-12-34-22-26-45(43)49(36)47(32)34)30-40(29-38)44-25-21-37-19-17-33-11-7-13-35-23-27-46(44)50(37)48(33)35/h1-34H;1-30H. The molecule has 106 heavy (non-hydrogen) atoms. The number of benzene rings is 23. The van der Waals surface area contributed by atoms with Gasteiger partial charge >= 0.3 is 0 Å². The van der Waals surface area contributed by atoms with E-state index in [1.807, 2.05) is 0 Å². The fourth-order valence-electron chi connectivity index (χ4n) is 18.1. The monoisotopic (exact) mass is 1340 g/mol. The van der Waals surface area contributed by atoms with Crippen LogP contribution in [0.5, 0.6) is 0 Å². The van der Waals surface area contributed by atoms with E-state index < -0.39 is 0 Å². The third-order valence-electron chi connectivity index (χ3n) is 23.0. The third-order valence-corrected chi connectivity index (χ3v) is 23.0. The summed E-state index contributed by atoms with van der Waals surface area (Å²) < 4.78 is 0. The molecule has 0 amide bonds. The summed E-state index contributed by atoms with van der Waals surface area (Å²) >= 11 is 0. The Morgan fingerprint density at radius 1 is 0.0943 bits per heavy atom. The van der Waals surface area contributed by atoms with Crippen molar-refractivity contribution in [3.8, 4) is 100 Å². The number of rotatable bonds is 9. The summed E-state index contributed by atoms with van der Waals surface area (Å²) in [5.41, 5.74) is 22.1. The zero-order valence-corrected chi connectivity index (χ0v) is 58.0. The molecule has 0 aromatic heterocycles. The molecule has 0 atom stereocenters. The lowest BCUT2D eigenvalue weighted by Gasteiger charge is -2.18. The van der Waals surface area contributed by atoms with Crippen LogP contribution < -0.4 is 0 Å². The van der Waals surface area contributed by atoms with Crippen LogP contribution in [-0.2, 0) is 0 Å². The summed E-state index contributed by atoms with van der Waals surface area (Å²) in [4.78, 5) is 0. The fraction of sp³-hybridized carbons (Fsp3) is 0. The molecular weight excluding hydrogens is 1270 g/mol. The summed E-state index contributed by atoms with van der Waals surface area (Å²) in [5, 5.41) is 31.4. The average Bonchev–Trinajstić information content (AvgIpc) is 0.743. The van der Waals surface area contributed by atoms with Crippen LogP contribution >= 0.6 is 0 Å². The Labute approximate surface area is 613 Å². The summed E-state index contributed by atoms with van der Waals surface area (Å²) in [6.07, 6.45) is 0. The number of hydrogen-bond donors (Lipinski definition) is 0. The van der Waals surface area contributed by atoms with Gasteiger partial charge < -0.3 is 0 Å². The maximum atomic E-state index is 2.43. The number of hydrogen-bond acceptors (Lipinski definition) is 0. The van der Waals surface area contributed by atoms with E-state index >= 15 is 0 Å². The highest BCUT2D eigenvalue weighted by molar-refractivity contribution is 6.30. The molecule has 0 aliphatic rings. The van der Waals surface area contributed by atoms with Crippen molar-refractivity contribution in [3.05, 3.63) is 388 Å². The second kappa shape index (κ2) is 23.9. The normalized spacial score (nSPS) is 12.0. The quantitative estimate of drug-likeness (QED) is 0.126. The summed E-state index contributed by atoms with van der Waals surface area (Å²) in [6.45, 7) is 0. The van der Waals surface area contributed by atoms with Crippen molar-refractivity contribution < 1.29 is 0 Å². The molecule has 0 aliphatic carbocycles. The molecule has 0 aliphatic heterocycles. The van der Waals surface area contributed by atoms with E-state index in [2.05, 4.69) is 388 Å². The highest BCUT2D eigenvalue weighted by Crippen LogP contribution is 2.49. The van der Waals surface area contributed by atoms with E-state index in [9.17, 15) is 0 Å². The van der Waals surface area contributed by atoms with Gasteiger partial charge in [0, 0.05) is 0 Å². The molecule has 0 fully saturated rings. The van der Waals surface area contributed by atoms with Crippen molar-refractivity contribution in [2.75, 3.05) is 0 Å². The highest BCUT2D eigenvalue weighted by Gasteiger charge is 2.22. The van der Waals surface area contributed by atoms with Crippen molar-refractivity contribution >= 4 is 129 Å². The molecule has 488 valence electrons. The smallest absolute Gasteiger partial charge is 0.00206 e. The maximum Gasteiger partial charge on any atom is -0.00206 e. The van der Waals surface area contributed by atoms with Crippen LogP contribution in [0.1, 0.15) is 0 Å². The zero-order chi connectivity index (χ0) is 69.5. The predicted molar refractivity (Wildman–Crippen MR) is 457 cm³/mol. The molecule has 0 spiro atoms. The van der Waals surface area contributed by atoms with Gasteiger partial charge in [-0.3, -0.25) is 0 Å². The molecule has 0 nitrogen and oxygen atoms in total. The second-order valence-electron chi connectivity index (χ2n) is 28.9. The molecule has 0 heterocycles. The Bertz CT molecular complexity index is 7030. The molecule has 0 N–H and O–H groups in total. The largest absolute Gasteiger partial charge is 0.0622 e. The predicted octanol–water partition coefficient (Wildman–Crippen LogP) is 30.0. The van der Waals surface area contributed by atoms with Crippen molar-refractivity contribution in [1.29, 1.82) is 0 Å². The summed E-state index contributed by atoms with van der Waals surface area (Å²) in [6, 6.07) is 145. The maximum absolute atomic E-state index is 2.43. The lowest BCUT2D eigenvalue weighted by atomic mass is 9.85. The molecule has 0 unspecified atom stereocenters. The lowest BCUT2D eigenvalue weighted by molar-refractivity contribution is 1.57. The average molecular weight is 1340 g/mol. The van der Waals surface area contributed by atoms with Gasteiger partial charge in [-0.25, -0.2) is 0 Å². The third kappa shape index (κ3) is 9.62.